The van der Waals surface area contributed by atoms with Gasteiger partial charge in [0.05, 0.1) is 11.8 Å². The molecule has 0 aromatic heterocycles. The zero-order valence-electron chi connectivity index (χ0n) is 37.9. The monoisotopic (exact) mass is 871 g/mol. The van der Waals surface area contributed by atoms with Gasteiger partial charge in [-0.1, -0.05) is 219 Å². The zero-order valence-corrected chi connectivity index (χ0v) is 37.9. The standard InChI is InChI=1S/C65H49N3/c1-46-63(54-23-13-5-14-24-54)66-65(56-25-15-6-16-26-56)67-64(46)55-29-27-52(28-30-55)58-43-57(49-21-11-4-12-22-49)44-59(45-58)53-35-41-62(42-36-53)68(60-37-31-50(32-38-60)47-17-7-2-8-18-47)61-39-33-51(34-40-61)48-19-9-3-10-20-48/h2-46,63H,1H3. The lowest BCUT2D eigenvalue weighted by atomic mass is 9.85. The van der Waals surface area contributed by atoms with Crippen LogP contribution in [-0.4, -0.2) is 11.5 Å². The third kappa shape index (κ3) is 8.86. The van der Waals surface area contributed by atoms with Crippen LogP contribution in [0.4, 0.5) is 17.1 Å². The van der Waals surface area contributed by atoms with E-state index in [1.165, 1.54) is 38.9 Å². The van der Waals surface area contributed by atoms with Gasteiger partial charge in [-0.3, -0.25) is 4.99 Å². The van der Waals surface area contributed by atoms with Gasteiger partial charge in [0.2, 0.25) is 0 Å². The quantitative estimate of drug-likeness (QED) is 0.127. The molecule has 0 radical (unpaired) electrons. The number of anilines is 3. The van der Waals surface area contributed by atoms with E-state index < -0.39 is 0 Å². The molecule has 1 aliphatic rings. The zero-order chi connectivity index (χ0) is 45.7. The fourth-order valence-electron chi connectivity index (χ4n) is 9.41. The Morgan fingerprint density at radius 2 is 0.588 bits per heavy atom. The van der Waals surface area contributed by atoms with Gasteiger partial charge in [0, 0.05) is 28.5 Å². The summed E-state index contributed by atoms with van der Waals surface area (Å²) in [4.78, 5) is 12.8. The number of amidine groups is 1. The first-order valence-electron chi connectivity index (χ1n) is 23.4. The van der Waals surface area contributed by atoms with E-state index in [0.717, 1.165) is 62.0 Å². The van der Waals surface area contributed by atoms with E-state index in [2.05, 4.69) is 273 Å². The van der Waals surface area contributed by atoms with Crippen LogP contribution in [0, 0.1) is 5.92 Å². The molecule has 1 aliphatic heterocycles. The Hall–Kier alpha value is -8.66. The van der Waals surface area contributed by atoms with E-state index in [0.29, 0.717) is 0 Å². The van der Waals surface area contributed by atoms with Crippen molar-refractivity contribution in [1.82, 2.24) is 0 Å². The maximum Gasteiger partial charge on any atom is 0.155 e. The third-order valence-electron chi connectivity index (χ3n) is 13.0. The normalized spacial score (nSPS) is 14.4. The van der Waals surface area contributed by atoms with Gasteiger partial charge in [0.1, 0.15) is 0 Å². The number of hydrogen-bond donors (Lipinski definition) is 0. The highest BCUT2D eigenvalue weighted by molar-refractivity contribution is 6.15. The van der Waals surface area contributed by atoms with Crippen LogP contribution in [0.3, 0.4) is 0 Å². The minimum atomic E-state index is -0.0393. The molecule has 0 N–H and O–H groups in total. The van der Waals surface area contributed by atoms with Crippen molar-refractivity contribution in [3.05, 3.63) is 284 Å². The molecule has 0 aliphatic carbocycles. The second kappa shape index (κ2) is 19.1. The number of benzene rings is 10. The molecule has 0 saturated carbocycles. The van der Waals surface area contributed by atoms with Gasteiger partial charge in [-0.25, -0.2) is 4.99 Å². The average Bonchev–Trinajstić information content (AvgIpc) is 3.43. The molecule has 0 fully saturated rings. The summed E-state index contributed by atoms with van der Waals surface area (Å²) in [6.07, 6.45) is 0. The highest BCUT2D eigenvalue weighted by Crippen LogP contribution is 2.40. The molecular weight excluding hydrogens is 823 g/mol. The Labute approximate surface area is 399 Å². The summed E-state index contributed by atoms with van der Waals surface area (Å²) in [5.74, 6) is 0.859. The van der Waals surface area contributed by atoms with Crippen molar-refractivity contribution in [1.29, 1.82) is 0 Å². The van der Waals surface area contributed by atoms with Gasteiger partial charge >= 0.3 is 0 Å². The molecule has 10 aromatic carbocycles. The van der Waals surface area contributed by atoms with Gasteiger partial charge < -0.3 is 4.90 Å². The molecule has 10 aromatic rings. The molecule has 2 unspecified atom stereocenters. The van der Waals surface area contributed by atoms with E-state index in [1.54, 1.807) is 0 Å². The van der Waals surface area contributed by atoms with Crippen molar-refractivity contribution in [2.75, 3.05) is 4.90 Å². The second-order valence-corrected chi connectivity index (χ2v) is 17.4. The van der Waals surface area contributed by atoms with Gasteiger partial charge in [0.25, 0.3) is 0 Å². The molecule has 0 bridgehead atoms. The predicted octanol–water partition coefficient (Wildman–Crippen LogP) is 17.1. The van der Waals surface area contributed by atoms with Crippen molar-refractivity contribution in [2.24, 2.45) is 15.9 Å². The summed E-state index contributed by atoms with van der Waals surface area (Å²) < 4.78 is 0. The Morgan fingerprint density at radius 3 is 0.985 bits per heavy atom. The minimum absolute atomic E-state index is 0.0393. The van der Waals surface area contributed by atoms with Gasteiger partial charge in [0.15, 0.2) is 5.84 Å². The molecule has 3 nitrogen and oxygen atoms in total. The molecule has 0 amide bonds. The molecule has 3 heteroatoms. The van der Waals surface area contributed by atoms with E-state index in [9.17, 15) is 0 Å². The molecule has 324 valence electrons. The molecule has 0 spiro atoms. The van der Waals surface area contributed by atoms with Crippen molar-refractivity contribution >= 4 is 28.6 Å². The summed E-state index contributed by atoms with van der Waals surface area (Å²) in [7, 11) is 0. The van der Waals surface area contributed by atoms with E-state index in [1.807, 2.05) is 6.07 Å². The Bertz CT molecular complexity index is 3250. The highest BCUT2D eigenvalue weighted by atomic mass is 15.1. The Balaban J connectivity index is 0.941. The van der Waals surface area contributed by atoms with Crippen molar-refractivity contribution in [2.45, 2.75) is 13.0 Å². The third-order valence-corrected chi connectivity index (χ3v) is 13.0. The highest BCUT2D eigenvalue weighted by Gasteiger charge is 2.29. The number of hydrogen-bond acceptors (Lipinski definition) is 3. The van der Waals surface area contributed by atoms with E-state index in [-0.39, 0.29) is 12.0 Å². The Morgan fingerprint density at radius 1 is 0.294 bits per heavy atom. The molecule has 1 heterocycles. The minimum Gasteiger partial charge on any atom is -0.311 e. The van der Waals surface area contributed by atoms with Crippen LogP contribution in [0.1, 0.15) is 29.7 Å². The second-order valence-electron chi connectivity index (χ2n) is 17.4. The van der Waals surface area contributed by atoms with Crippen LogP contribution in [-0.2, 0) is 0 Å². The first-order valence-corrected chi connectivity index (χ1v) is 23.4. The lowest BCUT2D eigenvalue weighted by Gasteiger charge is -2.28. The summed E-state index contributed by atoms with van der Waals surface area (Å²) in [6, 6.07) is 95.4. The van der Waals surface area contributed by atoms with Gasteiger partial charge in [-0.05, 0) is 121 Å². The van der Waals surface area contributed by atoms with Gasteiger partial charge in [-0.15, -0.1) is 0 Å². The van der Waals surface area contributed by atoms with Crippen LogP contribution < -0.4 is 4.90 Å². The summed E-state index contributed by atoms with van der Waals surface area (Å²) in [5.41, 5.74) is 19.4. The largest absolute Gasteiger partial charge is 0.311 e. The number of rotatable bonds is 11. The molecule has 11 rings (SSSR count). The van der Waals surface area contributed by atoms with Crippen LogP contribution in [0.5, 0.6) is 0 Å². The smallest absolute Gasteiger partial charge is 0.155 e. The maximum atomic E-state index is 5.24. The fourth-order valence-corrected chi connectivity index (χ4v) is 9.41. The van der Waals surface area contributed by atoms with Crippen LogP contribution in [0.15, 0.2) is 277 Å². The topological polar surface area (TPSA) is 28.0 Å². The summed E-state index contributed by atoms with van der Waals surface area (Å²) >= 11 is 0. The SMILES string of the molecule is CC1C(c2ccc(-c3cc(-c4ccccc4)cc(-c4ccc(N(c5ccc(-c6ccccc6)cc5)c5ccc(-c6ccccc6)cc5)cc4)c3)cc2)=NC(c2ccccc2)=NC1c1ccccc1. The molecule has 2 atom stereocenters. The summed E-state index contributed by atoms with van der Waals surface area (Å²) in [5, 5.41) is 0. The average molecular weight is 872 g/mol. The van der Waals surface area contributed by atoms with Crippen LogP contribution >= 0.6 is 0 Å². The van der Waals surface area contributed by atoms with Crippen molar-refractivity contribution in [3.63, 3.8) is 0 Å². The molecule has 0 saturated heterocycles. The summed E-state index contributed by atoms with van der Waals surface area (Å²) in [6.45, 7) is 2.25. The maximum absolute atomic E-state index is 5.24. The van der Waals surface area contributed by atoms with Crippen LogP contribution in [0.25, 0.3) is 55.6 Å². The lowest BCUT2D eigenvalue weighted by molar-refractivity contribution is 0.592. The fraction of sp³-hybridized carbons (Fsp3) is 0.0462. The van der Waals surface area contributed by atoms with E-state index >= 15 is 0 Å². The van der Waals surface area contributed by atoms with Crippen molar-refractivity contribution < 1.29 is 0 Å². The lowest BCUT2D eigenvalue weighted by Crippen LogP contribution is -2.26. The number of nitrogens with zero attached hydrogens (tertiary/aromatic N) is 3. The predicted molar refractivity (Wildman–Crippen MR) is 286 cm³/mol. The first kappa shape index (κ1) is 42.0. The first-order chi connectivity index (χ1) is 33.6. The van der Waals surface area contributed by atoms with Crippen molar-refractivity contribution in [3.8, 4) is 55.6 Å². The Kier molecular flexibility index (Phi) is 11.8. The molecular formula is C65H49N3. The van der Waals surface area contributed by atoms with Crippen LogP contribution in [0.2, 0.25) is 0 Å². The molecule has 68 heavy (non-hydrogen) atoms. The number of aliphatic imine (C=N–C) groups is 2. The van der Waals surface area contributed by atoms with E-state index in [4.69, 9.17) is 9.98 Å². The van der Waals surface area contributed by atoms with Gasteiger partial charge in [-0.2, -0.15) is 0 Å².